The first-order chi connectivity index (χ1) is 19.3. The fourth-order valence-corrected chi connectivity index (χ4v) is 6.87. The van der Waals surface area contributed by atoms with Crippen molar-refractivity contribution in [1.82, 2.24) is 13.9 Å². The molecule has 0 aliphatic carbocycles. The fraction of sp³-hybridized carbons (Fsp3) is 0.269. The standard InChI is InChI=1S/C26H24F3N3O7S2.Na/c1-3-22(24(33)34)39-17-8-10-18(11-9-17)41(36,37)32-21-7-5-4-6-19(21)31-25(32)40(35)14-20-16(2)23(12-13-30-20)38-15-26(27,28)29;/h4-13,22H,3,14-15H2,1-2H3,(H,33,34);/q;+1/p-1. The molecule has 0 aliphatic rings. The zero-order chi connectivity index (χ0) is 29.9. The smallest absolute Gasteiger partial charge is 0.546 e. The van der Waals surface area contributed by atoms with E-state index in [9.17, 15) is 35.7 Å². The molecule has 4 rings (SSSR count). The first-order valence-electron chi connectivity index (χ1n) is 12.0. The topological polar surface area (TPSA) is 141 Å². The van der Waals surface area contributed by atoms with E-state index in [0.29, 0.717) is 0 Å². The molecule has 0 amide bonds. The maximum atomic E-state index is 13.8. The number of hydrogen-bond acceptors (Lipinski definition) is 9. The van der Waals surface area contributed by atoms with Crippen molar-refractivity contribution in [3.05, 3.63) is 72.1 Å². The molecule has 0 aliphatic heterocycles. The molecule has 4 aromatic rings. The molecular formula is C26H23F3N3NaO7S2. The van der Waals surface area contributed by atoms with Gasteiger partial charge < -0.3 is 19.4 Å². The Bertz CT molecular complexity index is 1710. The van der Waals surface area contributed by atoms with Crippen LogP contribution in [0.15, 0.2) is 70.8 Å². The third-order valence-corrected chi connectivity index (χ3v) is 8.94. The summed E-state index contributed by atoms with van der Waals surface area (Å²) in [7, 11) is -6.52. The predicted molar refractivity (Wildman–Crippen MR) is 139 cm³/mol. The van der Waals surface area contributed by atoms with Gasteiger partial charge >= 0.3 is 35.7 Å². The van der Waals surface area contributed by atoms with Crippen LogP contribution in [0.3, 0.4) is 0 Å². The van der Waals surface area contributed by atoms with Gasteiger partial charge in [0.25, 0.3) is 10.0 Å². The van der Waals surface area contributed by atoms with E-state index in [-0.39, 0.29) is 85.6 Å². The molecule has 16 heteroatoms. The van der Waals surface area contributed by atoms with Gasteiger partial charge in [-0.2, -0.15) is 13.2 Å². The Morgan fingerprint density at radius 3 is 2.40 bits per heavy atom. The second kappa shape index (κ2) is 13.5. The molecule has 218 valence electrons. The molecule has 2 unspecified atom stereocenters. The van der Waals surface area contributed by atoms with Crippen LogP contribution in [0.4, 0.5) is 13.2 Å². The second-order valence-corrected chi connectivity index (χ2v) is 11.9. The number of nitrogens with zero attached hydrogens (tertiary/aromatic N) is 3. The number of alkyl halides is 3. The Labute approximate surface area is 263 Å². The quantitative estimate of drug-likeness (QED) is 0.211. The SMILES string of the molecule is CCC(Oc1ccc(S(=O)(=O)n2c(S(=O)Cc3nccc(OCC(F)(F)F)c3C)nc3ccccc32)cc1)C(=O)[O-].[Na+]. The van der Waals surface area contributed by atoms with Crippen molar-refractivity contribution >= 4 is 37.8 Å². The number of carboxylic acid groups (broad SMARTS) is 1. The minimum Gasteiger partial charge on any atom is -0.546 e. The van der Waals surface area contributed by atoms with Crippen molar-refractivity contribution in [2.24, 2.45) is 0 Å². The number of hydrogen-bond donors (Lipinski definition) is 0. The van der Waals surface area contributed by atoms with Crippen LogP contribution in [0, 0.1) is 6.92 Å². The average Bonchev–Trinajstić information content (AvgIpc) is 3.32. The first kappa shape index (κ1) is 33.5. The summed E-state index contributed by atoms with van der Waals surface area (Å²) in [5.41, 5.74) is 0.740. The number of para-hydroxylation sites is 2. The first-order valence-corrected chi connectivity index (χ1v) is 14.8. The van der Waals surface area contributed by atoms with E-state index in [1.807, 2.05) is 0 Å². The number of fused-ring (bicyclic) bond motifs is 1. The number of imidazole rings is 1. The van der Waals surface area contributed by atoms with Crippen molar-refractivity contribution in [2.75, 3.05) is 6.61 Å². The maximum absolute atomic E-state index is 13.8. The van der Waals surface area contributed by atoms with Gasteiger partial charge in [0.1, 0.15) is 17.6 Å². The Morgan fingerprint density at radius 1 is 1.12 bits per heavy atom. The van der Waals surface area contributed by atoms with Gasteiger partial charge in [0.05, 0.1) is 44.1 Å². The Kier molecular flexibility index (Phi) is 10.8. The summed E-state index contributed by atoms with van der Waals surface area (Å²) < 4.78 is 90.1. The van der Waals surface area contributed by atoms with Crippen LogP contribution in [-0.4, -0.2) is 51.4 Å². The third-order valence-electron chi connectivity index (χ3n) is 5.89. The molecule has 2 heterocycles. The average molecular weight is 634 g/mol. The number of pyridine rings is 1. The molecule has 0 radical (unpaired) electrons. The van der Waals surface area contributed by atoms with Crippen LogP contribution in [-0.2, 0) is 31.4 Å². The van der Waals surface area contributed by atoms with Gasteiger partial charge in [0.15, 0.2) is 6.61 Å². The number of ether oxygens (including phenoxy) is 2. The van der Waals surface area contributed by atoms with E-state index >= 15 is 0 Å². The number of aromatic nitrogens is 3. The summed E-state index contributed by atoms with van der Waals surface area (Å²) in [6.07, 6.45) is -4.45. The van der Waals surface area contributed by atoms with Gasteiger partial charge in [0, 0.05) is 11.8 Å². The molecule has 0 saturated heterocycles. The van der Waals surface area contributed by atoms with Crippen molar-refractivity contribution in [1.29, 1.82) is 0 Å². The van der Waals surface area contributed by atoms with Crippen molar-refractivity contribution in [2.45, 2.75) is 48.4 Å². The number of aliphatic carboxylic acids is 1. The van der Waals surface area contributed by atoms with Crippen LogP contribution < -0.4 is 44.1 Å². The van der Waals surface area contributed by atoms with Gasteiger partial charge in [-0.15, -0.1) is 0 Å². The zero-order valence-corrected chi connectivity index (χ0v) is 26.3. The Morgan fingerprint density at radius 2 is 1.79 bits per heavy atom. The van der Waals surface area contributed by atoms with Gasteiger partial charge in [-0.05, 0) is 55.8 Å². The molecular weight excluding hydrogens is 610 g/mol. The molecule has 0 saturated carbocycles. The number of carbonyl (C=O) groups is 1. The molecule has 2 atom stereocenters. The van der Waals surface area contributed by atoms with Crippen LogP contribution in [0.5, 0.6) is 11.5 Å². The van der Waals surface area contributed by atoms with Crippen LogP contribution in [0.1, 0.15) is 24.6 Å². The van der Waals surface area contributed by atoms with Crippen molar-refractivity contribution in [3.63, 3.8) is 0 Å². The van der Waals surface area contributed by atoms with E-state index in [1.54, 1.807) is 25.1 Å². The van der Waals surface area contributed by atoms with E-state index in [4.69, 9.17) is 9.47 Å². The summed E-state index contributed by atoms with van der Waals surface area (Å²) in [5.74, 6) is -1.77. The minimum atomic E-state index is -4.56. The molecule has 0 bridgehead atoms. The molecule has 0 fully saturated rings. The van der Waals surface area contributed by atoms with Crippen LogP contribution in [0.25, 0.3) is 11.0 Å². The Balaban J connectivity index is 0.00000484. The number of benzene rings is 2. The van der Waals surface area contributed by atoms with E-state index < -0.39 is 45.7 Å². The summed E-state index contributed by atoms with van der Waals surface area (Å²) in [5, 5.41) is 10.8. The minimum absolute atomic E-state index is 0. The van der Waals surface area contributed by atoms with E-state index in [1.165, 1.54) is 49.5 Å². The monoisotopic (exact) mass is 633 g/mol. The van der Waals surface area contributed by atoms with Crippen molar-refractivity contribution in [3.8, 4) is 11.5 Å². The summed E-state index contributed by atoms with van der Waals surface area (Å²) in [4.78, 5) is 19.3. The summed E-state index contributed by atoms with van der Waals surface area (Å²) >= 11 is 0. The molecule has 42 heavy (non-hydrogen) atoms. The van der Waals surface area contributed by atoms with E-state index in [2.05, 4.69) is 9.97 Å². The van der Waals surface area contributed by atoms with Gasteiger partial charge in [-0.1, -0.05) is 19.1 Å². The van der Waals surface area contributed by atoms with Crippen molar-refractivity contribution < 1.29 is 74.7 Å². The summed E-state index contributed by atoms with van der Waals surface area (Å²) in [6, 6.07) is 12.5. The zero-order valence-electron chi connectivity index (χ0n) is 22.6. The molecule has 10 nitrogen and oxygen atoms in total. The molecule has 0 spiro atoms. The van der Waals surface area contributed by atoms with Gasteiger partial charge in [-0.25, -0.2) is 17.4 Å². The second-order valence-electron chi connectivity index (χ2n) is 8.73. The Hall–Kier alpha value is -2.98. The van der Waals surface area contributed by atoms with E-state index in [0.717, 1.165) is 3.97 Å². The predicted octanol–water partition coefficient (Wildman–Crippen LogP) is 0.137. The fourth-order valence-electron chi connectivity index (χ4n) is 3.82. The normalized spacial score (nSPS) is 13.3. The maximum Gasteiger partial charge on any atom is 1.00 e. The number of halogens is 3. The third kappa shape index (κ3) is 7.50. The van der Waals surface area contributed by atoms with Crippen LogP contribution >= 0.6 is 0 Å². The largest absolute Gasteiger partial charge is 1.00 e. The summed E-state index contributed by atoms with van der Waals surface area (Å²) in [6.45, 7) is 1.52. The number of carboxylic acids is 1. The molecule has 2 aromatic carbocycles. The number of rotatable bonds is 11. The van der Waals surface area contributed by atoms with Crippen LogP contribution in [0.2, 0.25) is 0 Å². The molecule has 0 N–H and O–H groups in total. The van der Waals surface area contributed by atoms with Gasteiger partial charge in [0.2, 0.25) is 5.16 Å². The number of carbonyl (C=O) groups excluding carboxylic acids is 1. The van der Waals surface area contributed by atoms with Gasteiger partial charge in [-0.3, -0.25) is 9.19 Å². The molecule has 2 aromatic heterocycles.